The number of aliphatic hydroxyl groups is 1. The summed E-state index contributed by atoms with van der Waals surface area (Å²) in [6.07, 6.45) is 33.9. The Morgan fingerprint density at radius 1 is 0.744 bits per heavy atom. The topological polar surface area (TPSA) is 85.4 Å². The van der Waals surface area contributed by atoms with E-state index in [1.54, 1.807) is 0 Å². The molecule has 1 aliphatic heterocycles. The molecule has 248 valence electrons. The van der Waals surface area contributed by atoms with Crippen LogP contribution in [0.2, 0.25) is 0 Å². The molecule has 1 fully saturated rings. The summed E-state index contributed by atoms with van der Waals surface area (Å²) in [5, 5.41) is 9.50. The molecule has 0 aromatic carbocycles. The van der Waals surface area contributed by atoms with Crippen LogP contribution in [0.15, 0.2) is 36.5 Å². The van der Waals surface area contributed by atoms with Gasteiger partial charge in [0.2, 0.25) is 0 Å². The summed E-state index contributed by atoms with van der Waals surface area (Å²) >= 11 is 0. The lowest BCUT2D eigenvalue weighted by Gasteiger charge is -2.15. The zero-order chi connectivity index (χ0) is 31.4. The maximum Gasteiger partial charge on any atom is 0.306 e. The molecule has 0 saturated carbocycles. The zero-order valence-corrected chi connectivity index (χ0v) is 27.8. The molecular formula is C37H64O6. The molecule has 2 unspecified atom stereocenters. The summed E-state index contributed by atoms with van der Waals surface area (Å²) in [6, 6.07) is 0. The molecule has 0 amide bonds. The van der Waals surface area contributed by atoms with Gasteiger partial charge in [-0.1, -0.05) is 128 Å². The number of unbranched alkanes of at least 4 members (excludes halogenated alkanes) is 10. The van der Waals surface area contributed by atoms with E-state index in [0.29, 0.717) is 25.0 Å². The molecule has 0 aliphatic carbocycles. The lowest BCUT2D eigenvalue weighted by molar-refractivity contribution is -0.161. The first kappa shape index (κ1) is 39.1. The maximum atomic E-state index is 12.1. The van der Waals surface area contributed by atoms with Crippen molar-refractivity contribution >= 4 is 11.9 Å². The van der Waals surface area contributed by atoms with Crippen molar-refractivity contribution in [2.75, 3.05) is 13.2 Å². The van der Waals surface area contributed by atoms with Crippen molar-refractivity contribution in [2.45, 2.75) is 167 Å². The molecule has 0 aromatic heterocycles. The van der Waals surface area contributed by atoms with E-state index in [1.165, 1.54) is 64.2 Å². The van der Waals surface area contributed by atoms with Gasteiger partial charge >= 0.3 is 11.9 Å². The second kappa shape index (κ2) is 27.6. The first-order valence-electron chi connectivity index (χ1n) is 17.5. The van der Waals surface area contributed by atoms with Gasteiger partial charge in [0.05, 0.1) is 18.8 Å². The van der Waals surface area contributed by atoms with E-state index in [-0.39, 0.29) is 31.6 Å². The van der Waals surface area contributed by atoms with Gasteiger partial charge in [-0.15, -0.1) is 0 Å². The van der Waals surface area contributed by atoms with Crippen LogP contribution in [0.1, 0.15) is 149 Å². The van der Waals surface area contributed by atoms with Crippen LogP contribution < -0.4 is 0 Å². The Hall–Kier alpha value is -1.92. The highest BCUT2D eigenvalue weighted by Gasteiger charge is 2.36. The number of aliphatic hydroxyl groups excluding tert-OH is 1. The molecule has 1 N–H and O–H groups in total. The molecule has 0 aromatic rings. The Labute approximate surface area is 263 Å². The van der Waals surface area contributed by atoms with Crippen molar-refractivity contribution < 1.29 is 28.9 Å². The maximum absolute atomic E-state index is 12.1. The molecule has 1 aliphatic rings. The van der Waals surface area contributed by atoms with Gasteiger partial charge in [-0.25, -0.2) is 0 Å². The van der Waals surface area contributed by atoms with Gasteiger partial charge in [-0.3, -0.25) is 9.59 Å². The molecule has 43 heavy (non-hydrogen) atoms. The summed E-state index contributed by atoms with van der Waals surface area (Å²) < 4.78 is 16.2. The number of rotatable bonds is 29. The van der Waals surface area contributed by atoms with Crippen LogP contribution in [0, 0.1) is 5.92 Å². The predicted molar refractivity (Wildman–Crippen MR) is 177 cm³/mol. The summed E-state index contributed by atoms with van der Waals surface area (Å²) in [5.41, 5.74) is 0. The number of carbonyl (C=O) groups excluding carboxylic acids is 2. The number of hydrogen-bond acceptors (Lipinski definition) is 6. The van der Waals surface area contributed by atoms with E-state index in [4.69, 9.17) is 14.2 Å². The predicted octanol–water partition coefficient (Wildman–Crippen LogP) is 9.35. The van der Waals surface area contributed by atoms with E-state index in [1.807, 2.05) is 0 Å². The average Bonchev–Trinajstić information content (AvgIpc) is 3.74. The van der Waals surface area contributed by atoms with Crippen LogP contribution in [0.4, 0.5) is 0 Å². The van der Waals surface area contributed by atoms with E-state index in [0.717, 1.165) is 50.9 Å². The van der Waals surface area contributed by atoms with Crippen molar-refractivity contribution in [2.24, 2.45) is 5.92 Å². The second-order valence-corrected chi connectivity index (χ2v) is 12.5. The highest BCUT2D eigenvalue weighted by atomic mass is 16.6. The molecule has 0 spiro atoms. The van der Waals surface area contributed by atoms with Gasteiger partial charge in [0, 0.05) is 12.8 Å². The largest absolute Gasteiger partial charge is 0.462 e. The molecule has 6 heteroatoms. The standard InChI is InChI=1S/C37H64O6/c1-4-5-20-26-34-35(43-34)27-22-17-13-8-6-7-9-15-19-24-29-37(40)42-33(30-38)31-41-36(39)28-23-18-14-11-10-12-16-21-25-32(2)3/h6,8-9,15,17,22,32-35,38H,4-5,7,10-14,16,18-21,23-31H2,1-3H3/b8-6-,15-9-,22-17-/t33-,34?,35?/m0/s1. The van der Waals surface area contributed by atoms with Gasteiger partial charge in [-0.2, -0.15) is 0 Å². The van der Waals surface area contributed by atoms with Crippen LogP contribution in [-0.4, -0.2) is 48.6 Å². The first-order chi connectivity index (χ1) is 21.0. The van der Waals surface area contributed by atoms with Gasteiger partial charge in [0.15, 0.2) is 6.10 Å². The minimum absolute atomic E-state index is 0.0905. The first-order valence-corrected chi connectivity index (χ1v) is 17.5. The zero-order valence-electron chi connectivity index (χ0n) is 27.8. The van der Waals surface area contributed by atoms with E-state index >= 15 is 0 Å². The summed E-state index contributed by atoms with van der Waals surface area (Å²) in [6.45, 7) is 6.34. The molecule has 3 atom stereocenters. The third-order valence-corrected chi connectivity index (χ3v) is 7.79. The number of hydrogen-bond donors (Lipinski definition) is 1. The lowest BCUT2D eigenvalue weighted by Crippen LogP contribution is -2.28. The molecule has 1 saturated heterocycles. The Balaban J connectivity index is 1.95. The molecule has 6 nitrogen and oxygen atoms in total. The Kier molecular flexibility index (Phi) is 25.1. The van der Waals surface area contributed by atoms with Crippen LogP contribution in [0.3, 0.4) is 0 Å². The highest BCUT2D eigenvalue weighted by molar-refractivity contribution is 5.70. The smallest absolute Gasteiger partial charge is 0.306 e. The molecular weight excluding hydrogens is 540 g/mol. The second-order valence-electron chi connectivity index (χ2n) is 12.5. The number of allylic oxidation sites excluding steroid dienone is 5. The average molecular weight is 605 g/mol. The van der Waals surface area contributed by atoms with E-state index < -0.39 is 6.10 Å². The number of carbonyl (C=O) groups is 2. The van der Waals surface area contributed by atoms with Gasteiger partial charge in [0.1, 0.15) is 6.61 Å². The Morgan fingerprint density at radius 2 is 1.37 bits per heavy atom. The number of epoxide rings is 1. The molecule has 1 rings (SSSR count). The van der Waals surface area contributed by atoms with Crippen molar-refractivity contribution in [1.29, 1.82) is 0 Å². The molecule has 0 bridgehead atoms. The van der Waals surface area contributed by atoms with Gasteiger partial charge in [0.25, 0.3) is 0 Å². The lowest BCUT2D eigenvalue weighted by atomic mass is 10.0. The van der Waals surface area contributed by atoms with Crippen LogP contribution in [0.25, 0.3) is 0 Å². The third kappa shape index (κ3) is 25.1. The minimum Gasteiger partial charge on any atom is -0.462 e. The van der Waals surface area contributed by atoms with Gasteiger partial charge in [-0.05, 0) is 50.9 Å². The van der Waals surface area contributed by atoms with Crippen molar-refractivity contribution in [3.05, 3.63) is 36.5 Å². The summed E-state index contributed by atoms with van der Waals surface area (Å²) in [7, 11) is 0. The SMILES string of the molecule is CCCCCC1OC1C/C=C\C/C=C\C/C=C\CCCC(=O)O[C@@H](CO)COC(=O)CCCCCCCCCCC(C)C. The fraction of sp³-hybridized carbons (Fsp3) is 0.784. The number of ether oxygens (including phenoxy) is 3. The van der Waals surface area contributed by atoms with E-state index in [9.17, 15) is 14.7 Å². The van der Waals surface area contributed by atoms with Crippen molar-refractivity contribution in [1.82, 2.24) is 0 Å². The fourth-order valence-electron chi connectivity index (χ4n) is 5.00. The van der Waals surface area contributed by atoms with Crippen LogP contribution in [-0.2, 0) is 23.8 Å². The molecule has 0 radical (unpaired) electrons. The monoisotopic (exact) mass is 604 g/mol. The third-order valence-electron chi connectivity index (χ3n) is 7.79. The quantitative estimate of drug-likeness (QED) is 0.0396. The number of esters is 2. The summed E-state index contributed by atoms with van der Waals surface area (Å²) in [5.74, 6) is 0.135. The minimum atomic E-state index is -0.800. The Bertz CT molecular complexity index is 771. The van der Waals surface area contributed by atoms with Crippen LogP contribution in [0.5, 0.6) is 0 Å². The van der Waals surface area contributed by atoms with Crippen molar-refractivity contribution in [3.63, 3.8) is 0 Å². The van der Waals surface area contributed by atoms with E-state index in [2.05, 4.69) is 57.2 Å². The van der Waals surface area contributed by atoms with Crippen LogP contribution >= 0.6 is 0 Å². The normalized spacial score (nSPS) is 17.4. The highest BCUT2D eigenvalue weighted by Crippen LogP contribution is 2.30. The summed E-state index contributed by atoms with van der Waals surface area (Å²) in [4.78, 5) is 24.1. The fourth-order valence-corrected chi connectivity index (χ4v) is 5.00. The van der Waals surface area contributed by atoms with Crippen molar-refractivity contribution in [3.8, 4) is 0 Å². The Morgan fingerprint density at radius 3 is 2.05 bits per heavy atom. The van der Waals surface area contributed by atoms with Gasteiger partial charge < -0.3 is 19.3 Å². The molecule has 1 heterocycles.